The highest BCUT2D eigenvalue weighted by atomic mass is 16.5. The van der Waals surface area contributed by atoms with Crippen molar-refractivity contribution in [3.05, 3.63) is 24.2 Å². The Morgan fingerprint density at radius 2 is 1.82 bits per heavy atom. The molecule has 122 valence electrons. The number of ether oxygens (including phenoxy) is 2. The Balaban J connectivity index is 1.58. The van der Waals surface area contributed by atoms with Gasteiger partial charge in [0.05, 0.1) is 38.7 Å². The van der Waals surface area contributed by atoms with Crippen molar-refractivity contribution in [2.45, 2.75) is 6.04 Å². The SMILES string of the molecule is O=C(NCC(c1ccco1)N1CCOCC1)N1CCOCC1. The summed E-state index contributed by atoms with van der Waals surface area (Å²) in [6.45, 7) is 6.17. The van der Waals surface area contributed by atoms with Crippen molar-refractivity contribution in [1.82, 2.24) is 15.1 Å². The Morgan fingerprint density at radius 3 is 2.45 bits per heavy atom. The van der Waals surface area contributed by atoms with E-state index in [0.29, 0.717) is 46.1 Å². The highest BCUT2D eigenvalue weighted by molar-refractivity contribution is 5.74. The zero-order valence-electron chi connectivity index (χ0n) is 12.7. The summed E-state index contributed by atoms with van der Waals surface area (Å²) in [4.78, 5) is 16.3. The smallest absolute Gasteiger partial charge is 0.317 e. The van der Waals surface area contributed by atoms with Crippen LogP contribution in [0.3, 0.4) is 0 Å². The summed E-state index contributed by atoms with van der Waals surface area (Å²) >= 11 is 0. The van der Waals surface area contributed by atoms with Crippen molar-refractivity contribution < 1.29 is 18.7 Å². The predicted octanol–water partition coefficient (Wildman–Crippen LogP) is 0.695. The number of urea groups is 1. The Hall–Kier alpha value is -1.57. The molecule has 1 unspecified atom stereocenters. The maximum absolute atomic E-state index is 12.2. The second-order valence-corrected chi connectivity index (χ2v) is 5.47. The van der Waals surface area contributed by atoms with Crippen LogP contribution in [0.2, 0.25) is 0 Å². The molecular formula is C15H23N3O4. The number of morpholine rings is 2. The normalized spacial score (nSPS) is 21.5. The van der Waals surface area contributed by atoms with E-state index in [-0.39, 0.29) is 12.1 Å². The first-order valence-corrected chi connectivity index (χ1v) is 7.80. The molecule has 22 heavy (non-hydrogen) atoms. The molecule has 7 nitrogen and oxygen atoms in total. The molecule has 3 heterocycles. The lowest BCUT2D eigenvalue weighted by molar-refractivity contribution is 0.0114. The van der Waals surface area contributed by atoms with Crippen LogP contribution in [0.5, 0.6) is 0 Å². The Labute approximate surface area is 130 Å². The minimum Gasteiger partial charge on any atom is -0.468 e. The third-order valence-corrected chi connectivity index (χ3v) is 4.10. The van der Waals surface area contributed by atoms with E-state index < -0.39 is 0 Å². The van der Waals surface area contributed by atoms with Crippen LogP contribution in [0, 0.1) is 0 Å². The number of rotatable bonds is 4. The van der Waals surface area contributed by atoms with E-state index in [2.05, 4.69) is 10.2 Å². The maximum Gasteiger partial charge on any atom is 0.317 e. The number of carbonyl (C=O) groups excluding carboxylic acids is 1. The first kappa shape index (κ1) is 15.3. The lowest BCUT2D eigenvalue weighted by Crippen LogP contribution is -2.49. The van der Waals surface area contributed by atoms with E-state index >= 15 is 0 Å². The van der Waals surface area contributed by atoms with Gasteiger partial charge in [0.15, 0.2) is 0 Å². The summed E-state index contributed by atoms with van der Waals surface area (Å²) in [7, 11) is 0. The van der Waals surface area contributed by atoms with Crippen LogP contribution < -0.4 is 5.32 Å². The molecule has 0 bridgehead atoms. The number of carbonyl (C=O) groups is 1. The van der Waals surface area contributed by atoms with E-state index in [1.807, 2.05) is 12.1 Å². The van der Waals surface area contributed by atoms with Gasteiger partial charge in [-0.25, -0.2) is 4.79 Å². The molecule has 2 aliphatic rings. The topological polar surface area (TPSA) is 67.2 Å². The average Bonchev–Trinajstić information content (AvgIpc) is 3.11. The monoisotopic (exact) mass is 309 g/mol. The fourth-order valence-electron chi connectivity index (χ4n) is 2.84. The van der Waals surface area contributed by atoms with Gasteiger partial charge in [-0.05, 0) is 12.1 Å². The van der Waals surface area contributed by atoms with E-state index in [4.69, 9.17) is 13.9 Å². The summed E-state index contributed by atoms with van der Waals surface area (Å²) < 4.78 is 16.2. The predicted molar refractivity (Wildman–Crippen MR) is 79.6 cm³/mol. The van der Waals surface area contributed by atoms with Crippen molar-refractivity contribution in [3.8, 4) is 0 Å². The van der Waals surface area contributed by atoms with Gasteiger partial charge in [0.25, 0.3) is 0 Å². The maximum atomic E-state index is 12.2. The molecule has 1 N–H and O–H groups in total. The Bertz CT molecular complexity index is 453. The molecule has 3 rings (SSSR count). The number of amides is 2. The van der Waals surface area contributed by atoms with Gasteiger partial charge in [-0.1, -0.05) is 0 Å². The molecule has 0 aromatic carbocycles. The highest BCUT2D eigenvalue weighted by Gasteiger charge is 2.26. The molecule has 0 aliphatic carbocycles. The minimum atomic E-state index is -0.0342. The van der Waals surface area contributed by atoms with Crippen LogP contribution in [-0.4, -0.2) is 75.0 Å². The first-order valence-electron chi connectivity index (χ1n) is 7.80. The van der Waals surface area contributed by atoms with Crippen molar-refractivity contribution in [2.75, 3.05) is 59.2 Å². The molecule has 2 amide bonds. The second kappa shape index (κ2) is 7.62. The van der Waals surface area contributed by atoms with Gasteiger partial charge >= 0.3 is 6.03 Å². The van der Waals surface area contributed by atoms with Gasteiger partial charge in [-0.15, -0.1) is 0 Å². The first-order chi connectivity index (χ1) is 10.8. The summed E-state index contributed by atoms with van der Waals surface area (Å²) in [5.41, 5.74) is 0. The van der Waals surface area contributed by atoms with Crippen molar-refractivity contribution >= 4 is 6.03 Å². The van der Waals surface area contributed by atoms with Crippen LogP contribution in [0.25, 0.3) is 0 Å². The molecule has 0 radical (unpaired) electrons. The van der Waals surface area contributed by atoms with Crippen LogP contribution in [0.15, 0.2) is 22.8 Å². The van der Waals surface area contributed by atoms with Gasteiger partial charge in [0, 0.05) is 32.7 Å². The summed E-state index contributed by atoms with van der Waals surface area (Å²) in [5.74, 6) is 0.879. The Kier molecular flexibility index (Phi) is 5.31. The largest absolute Gasteiger partial charge is 0.468 e. The van der Waals surface area contributed by atoms with Crippen molar-refractivity contribution in [2.24, 2.45) is 0 Å². The van der Waals surface area contributed by atoms with Crippen molar-refractivity contribution in [3.63, 3.8) is 0 Å². The molecular weight excluding hydrogens is 286 g/mol. The third-order valence-electron chi connectivity index (χ3n) is 4.10. The summed E-state index contributed by atoms with van der Waals surface area (Å²) in [6.07, 6.45) is 1.67. The number of furan rings is 1. The Morgan fingerprint density at radius 1 is 1.14 bits per heavy atom. The molecule has 0 spiro atoms. The van der Waals surface area contributed by atoms with Crippen LogP contribution in [0.1, 0.15) is 11.8 Å². The molecule has 1 aromatic rings. The molecule has 1 atom stereocenters. The summed E-state index contributed by atoms with van der Waals surface area (Å²) in [6, 6.07) is 3.85. The molecule has 7 heteroatoms. The second-order valence-electron chi connectivity index (χ2n) is 5.47. The van der Waals surface area contributed by atoms with Gasteiger partial charge < -0.3 is 24.1 Å². The highest BCUT2D eigenvalue weighted by Crippen LogP contribution is 2.21. The lowest BCUT2D eigenvalue weighted by atomic mass is 10.1. The standard InChI is InChI=1S/C15H23N3O4/c19-15(18-5-10-21-11-6-18)16-12-13(14-2-1-7-22-14)17-3-8-20-9-4-17/h1-2,7,13H,3-6,8-12H2,(H,16,19). The van der Waals surface area contributed by atoms with Crippen LogP contribution in [0.4, 0.5) is 4.79 Å². The zero-order chi connectivity index (χ0) is 15.2. The van der Waals surface area contributed by atoms with E-state index in [1.165, 1.54) is 0 Å². The van der Waals surface area contributed by atoms with E-state index in [0.717, 1.165) is 18.8 Å². The molecule has 2 aliphatic heterocycles. The summed E-state index contributed by atoms with van der Waals surface area (Å²) in [5, 5.41) is 3.03. The van der Waals surface area contributed by atoms with Crippen LogP contribution >= 0.6 is 0 Å². The molecule has 2 saturated heterocycles. The number of hydrogen-bond acceptors (Lipinski definition) is 5. The van der Waals surface area contributed by atoms with Gasteiger partial charge in [0.2, 0.25) is 0 Å². The van der Waals surface area contributed by atoms with E-state index in [9.17, 15) is 4.79 Å². The zero-order valence-corrected chi connectivity index (χ0v) is 12.7. The molecule has 1 aromatic heterocycles. The van der Waals surface area contributed by atoms with Gasteiger partial charge in [-0.3, -0.25) is 4.90 Å². The lowest BCUT2D eigenvalue weighted by Gasteiger charge is -2.34. The quantitative estimate of drug-likeness (QED) is 0.886. The van der Waals surface area contributed by atoms with Crippen LogP contribution in [-0.2, 0) is 9.47 Å². The third kappa shape index (κ3) is 3.79. The number of hydrogen-bond donors (Lipinski definition) is 1. The molecule has 0 saturated carbocycles. The molecule has 2 fully saturated rings. The number of nitrogens with one attached hydrogen (secondary N) is 1. The van der Waals surface area contributed by atoms with E-state index in [1.54, 1.807) is 11.2 Å². The van der Waals surface area contributed by atoms with Gasteiger partial charge in [-0.2, -0.15) is 0 Å². The number of nitrogens with zero attached hydrogens (tertiary/aromatic N) is 2. The van der Waals surface area contributed by atoms with Gasteiger partial charge in [0.1, 0.15) is 5.76 Å². The fraction of sp³-hybridized carbons (Fsp3) is 0.667. The van der Waals surface area contributed by atoms with Crippen molar-refractivity contribution in [1.29, 1.82) is 0 Å². The minimum absolute atomic E-state index is 0.0342. The average molecular weight is 309 g/mol. The fourth-order valence-corrected chi connectivity index (χ4v) is 2.84.